The normalized spacial score (nSPS) is 16.3. The molecular weight excluding hydrogens is 326 g/mol. The van der Waals surface area contributed by atoms with Gasteiger partial charge in [0.15, 0.2) is 0 Å². The summed E-state index contributed by atoms with van der Waals surface area (Å²) in [5, 5.41) is 0.933. The standard InChI is InChI=1S/C21H21N3O2/c1-24(18-10-4-7-14-8-5-11-22-20(14)18)19(25)13-16-12-15-6-2-3-9-17(15)23-21(16)26/h2-3,5-6,8-9,11-12,18H,4,7,10,13H2,1H3,(H,23,26)/t18-/m0/s1. The topological polar surface area (TPSA) is 66.1 Å². The van der Waals surface area contributed by atoms with Gasteiger partial charge in [0.1, 0.15) is 0 Å². The number of hydrogen-bond acceptors (Lipinski definition) is 3. The minimum Gasteiger partial charge on any atom is -0.337 e. The monoisotopic (exact) mass is 347 g/mol. The second-order valence-corrected chi connectivity index (χ2v) is 6.85. The van der Waals surface area contributed by atoms with Crippen LogP contribution >= 0.6 is 0 Å². The highest BCUT2D eigenvalue weighted by Crippen LogP contribution is 2.32. The van der Waals surface area contributed by atoms with Crippen molar-refractivity contribution >= 4 is 16.8 Å². The summed E-state index contributed by atoms with van der Waals surface area (Å²) < 4.78 is 0. The van der Waals surface area contributed by atoms with E-state index < -0.39 is 0 Å². The molecule has 2 aromatic heterocycles. The molecule has 0 bridgehead atoms. The zero-order valence-electron chi connectivity index (χ0n) is 14.7. The third-order valence-electron chi connectivity index (χ3n) is 5.20. The van der Waals surface area contributed by atoms with E-state index in [0.717, 1.165) is 35.9 Å². The molecule has 0 fully saturated rings. The largest absolute Gasteiger partial charge is 0.337 e. The molecule has 26 heavy (non-hydrogen) atoms. The molecule has 0 aliphatic heterocycles. The molecule has 0 saturated carbocycles. The number of nitrogens with zero attached hydrogens (tertiary/aromatic N) is 2. The van der Waals surface area contributed by atoms with Crippen LogP contribution in [0.15, 0.2) is 53.5 Å². The van der Waals surface area contributed by atoms with Crippen LogP contribution < -0.4 is 5.56 Å². The molecule has 0 radical (unpaired) electrons. The number of para-hydroxylation sites is 1. The summed E-state index contributed by atoms with van der Waals surface area (Å²) in [4.78, 5) is 34.3. The summed E-state index contributed by atoms with van der Waals surface area (Å²) >= 11 is 0. The first kappa shape index (κ1) is 16.5. The minimum absolute atomic E-state index is 0.0213. The Bertz CT molecular complexity index is 1020. The molecule has 1 aliphatic rings. The van der Waals surface area contributed by atoms with Crippen molar-refractivity contribution in [2.75, 3.05) is 7.05 Å². The molecule has 5 nitrogen and oxygen atoms in total. The van der Waals surface area contributed by atoms with Crippen molar-refractivity contribution in [1.29, 1.82) is 0 Å². The molecule has 1 N–H and O–H groups in total. The summed E-state index contributed by atoms with van der Waals surface area (Å²) in [6.45, 7) is 0. The molecule has 132 valence electrons. The second-order valence-electron chi connectivity index (χ2n) is 6.85. The quantitative estimate of drug-likeness (QED) is 0.792. The summed E-state index contributed by atoms with van der Waals surface area (Å²) in [5.41, 5.74) is 3.28. The number of carbonyl (C=O) groups excluding carboxylic acids is 1. The number of nitrogens with one attached hydrogen (secondary N) is 1. The van der Waals surface area contributed by atoms with E-state index in [0.29, 0.717) is 5.56 Å². The van der Waals surface area contributed by atoms with Crippen LogP contribution in [0.1, 0.15) is 35.7 Å². The fourth-order valence-corrected chi connectivity index (χ4v) is 3.75. The molecule has 1 aromatic carbocycles. The smallest absolute Gasteiger partial charge is 0.252 e. The van der Waals surface area contributed by atoms with E-state index in [1.807, 2.05) is 43.4 Å². The molecule has 1 amide bonds. The van der Waals surface area contributed by atoms with Crippen molar-refractivity contribution in [3.63, 3.8) is 0 Å². The van der Waals surface area contributed by atoms with E-state index in [1.54, 1.807) is 11.1 Å². The van der Waals surface area contributed by atoms with Crippen molar-refractivity contribution in [1.82, 2.24) is 14.9 Å². The number of benzene rings is 1. The maximum atomic E-state index is 12.9. The van der Waals surface area contributed by atoms with E-state index in [-0.39, 0.29) is 23.9 Å². The Kier molecular flexibility index (Phi) is 4.29. The molecule has 4 rings (SSSR count). The lowest BCUT2D eigenvalue weighted by Crippen LogP contribution is -2.35. The lowest BCUT2D eigenvalue weighted by atomic mass is 9.91. The van der Waals surface area contributed by atoms with E-state index >= 15 is 0 Å². The van der Waals surface area contributed by atoms with Gasteiger partial charge in [0, 0.05) is 24.3 Å². The Morgan fingerprint density at radius 2 is 2.12 bits per heavy atom. The van der Waals surface area contributed by atoms with Gasteiger partial charge < -0.3 is 9.88 Å². The Labute approximate surface area is 151 Å². The summed E-state index contributed by atoms with van der Waals surface area (Å²) in [5.74, 6) is -0.0608. The number of H-pyrrole nitrogens is 1. The number of fused-ring (bicyclic) bond motifs is 2. The van der Waals surface area contributed by atoms with Gasteiger partial charge in [-0.2, -0.15) is 0 Å². The fourth-order valence-electron chi connectivity index (χ4n) is 3.75. The van der Waals surface area contributed by atoms with Crippen LogP contribution in [0.3, 0.4) is 0 Å². The number of pyridine rings is 2. The number of aryl methyl sites for hydroxylation is 1. The van der Waals surface area contributed by atoms with Crippen LogP contribution in [0.2, 0.25) is 0 Å². The molecule has 1 atom stereocenters. The highest BCUT2D eigenvalue weighted by molar-refractivity contribution is 5.82. The number of rotatable bonds is 3. The molecule has 2 heterocycles. The van der Waals surface area contributed by atoms with Crippen molar-refractivity contribution in [2.45, 2.75) is 31.7 Å². The van der Waals surface area contributed by atoms with Gasteiger partial charge in [-0.05, 0) is 48.4 Å². The second kappa shape index (κ2) is 6.75. The third kappa shape index (κ3) is 3.01. The molecule has 0 saturated heterocycles. The van der Waals surface area contributed by atoms with E-state index in [1.165, 1.54) is 5.56 Å². The fraction of sp³-hybridized carbons (Fsp3) is 0.286. The predicted octanol–water partition coefficient (Wildman–Crippen LogP) is 3.00. The van der Waals surface area contributed by atoms with Gasteiger partial charge in [-0.1, -0.05) is 24.3 Å². The highest BCUT2D eigenvalue weighted by Gasteiger charge is 2.28. The van der Waals surface area contributed by atoms with Crippen molar-refractivity contribution in [3.05, 3.63) is 75.8 Å². The number of aromatic nitrogens is 2. The van der Waals surface area contributed by atoms with Crippen molar-refractivity contribution in [2.24, 2.45) is 0 Å². The van der Waals surface area contributed by atoms with Crippen molar-refractivity contribution < 1.29 is 4.79 Å². The Morgan fingerprint density at radius 3 is 3.00 bits per heavy atom. The van der Waals surface area contributed by atoms with Gasteiger partial charge in [0.2, 0.25) is 5.91 Å². The SMILES string of the molecule is CN(C(=O)Cc1cc2ccccc2[nH]c1=O)[C@H]1CCCc2cccnc21. The van der Waals surface area contributed by atoms with Crippen LogP contribution in [0, 0.1) is 0 Å². The molecule has 5 heteroatoms. The summed E-state index contributed by atoms with van der Waals surface area (Å²) in [6, 6.07) is 13.4. The van der Waals surface area contributed by atoms with Gasteiger partial charge in [-0.3, -0.25) is 14.6 Å². The van der Waals surface area contributed by atoms with Gasteiger partial charge in [-0.15, -0.1) is 0 Å². The van der Waals surface area contributed by atoms with E-state index in [4.69, 9.17) is 0 Å². The first-order chi connectivity index (χ1) is 12.6. The molecular formula is C21H21N3O2. The number of amides is 1. The third-order valence-corrected chi connectivity index (χ3v) is 5.20. The Hall–Kier alpha value is -2.95. The highest BCUT2D eigenvalue weighted by atomic mass is 16.2. The van der Waals surface area contributed by atoms with Crippen LogP contribution in [-0.2, 0) is 17.6 Å². The van der Waals surface area contributed by atoms with Gasteiger partial charge in [0.05, 0.1) is 18.2 Å². The lowest BCUT2D eigenvalue weighted by molar-refractivity contribution is -0.131. The Balaban J connectivity index is 1.59. The van der Waals surface area contributed by atoms with E-state index in [9.17, 15) is 9.59 Å². The zero-order valence-corrected chi connectivity index (χ0v) is 14.7. The van der Waals surface area contributed by atoms with Crippen LogP contribution in [-0.4, -0.2) is 27.8 Å². The number of aromatic amines is 1. The minimum atomic E-state index is -0.201. The molecule has 1 aliphatic carbocycles. The number of likely N-dealkylation sites (N-methyl/N-ethyl adjacent to an activating group) is 1. The maximum absolute atomic E-state index is 12.9. The Morgan fingerprint density at radius 1 is 1.27 bits per heavy atom. The first-order valence-electron chi connectivity index (χ1n) is 8.94. The number of carbonyl (C=O) groups is 1. The predicted molar refractivity (Wildman–Crippen MR) is 101 cm³/mol. The van der Waals surface area contributed by atoms with Gasteiger partial charge in [0.25, 0.3) is 5.56 Å². The van der Waals surface area contributed by atoms with Gasteiger partial charge >= 0.3 is 0 Å². The van der Waals surface area contributed by atoms with Gasteiger partial charge in [-0.25, -0.2) is 0 Å². The zero-order chi connectivity index (χ0) is 18.1. The summed E-state index contributed by atoms with van der Waals surface area (Å²) in [6.07, 6.45) is 4.82. The summed E-state index contributed by atoms with van der Waals surface area (Å²) in [7, 11) is 1.81. The molecule has 3 aromatic rings. The van der Waals surface area contributed by atoms with E-state index in [2.05, 4.69) is 16.0 Å². The number of hydrogen-bond donors (Lipinski definition) is 1. The molecule has 0 spiro atoms. The first-order valence-corrected chi connectivity index (χ1v) is 8.94. The average molecular weight is 347 g/mol. The van der Waals surface area contributed by atoms with Crippen LogP contribution in [0.25, 0.3) is 10.9 Å². The maximum Gasteiger partial charge on any atom is 0.252 e. The van der Waals surface area contributed by atoms with Crippen LogP contribution in [0.4, 0.5) is 0 Å². The molecule has 0 unspecified atom stereocenters. The van der Waals surface area contributed by atoms with Crippen LogP contribution in [0.5, 0.6) is 0 Å². The average Bonchev–Trinajstić information content (AvgIpc) is 2.67. The van der Waals surface area contributed by atoms with Crippen molar-refractivity contribution in [3.8, 4) is 0 Å². The lowest BCUT2D eigenvalue weighted by Gasteiger charge is -2.32.